The second-order valence-electron chi connectivity index (χ2n) is 6.27. The zero-order valence-corrected chi connectivity index (χ0v) is 14.2. The number of carboxylic acids is 1. The smallest absolute Gasteiger partial charge is 0.303 e. The summed E-state index contributed by atoms with van der Waals surface area (Å²) in [6.45, 7) is 3.90. The van der Waals surface area contributed by atoms with E-state index in [0.29, 0.717) is 12.8 Å². The summed E-state index contributed by atoms with van der Waals surface area (Å²) in [5.41, 5.74) is 3.15. The molecule has 1 aliphatic rings. The van der Waals surface area contributed by atoms with Gasteiger partial charge in [-0.15, -0.1) is 0 Å². The maximum absolute atomic E-state index is 11.0. The first-order valence-electron chi connectivity index (χ1n) is 8.17. The summed E-state index contributed by atoms with van der Waals surface area (Å²) in [5, 5.41) is 18.6. The van der Waals surface area contributed by atoms with Crippen LogP contribution in [0.4, 0.5) is 0 Å². The van der Waals surface area contributed by atoms with Gasteiger partial charge in [0.15, 0.2) is 0 Å². The quantitative estimate of drug-likeness (QED) is 0.529. The number of benzene rings is 1. The molecule has 0 fully saturated rings. The molecule has 1 atom stereocenters. The fourth-order valence-corrected chi connectivity index (χ4v) is 2.94. The highest BCUT2D eigenvalue weighted by molar-refractivity contribution is 5.79. The van der Waals surface area contributed by atoms with Crippen LogP contribution < -0.4 is 0 Å². The summed E-state index contributed by atoms with van der Waals surface area (Å²) < 4.78 is 0. The van der Waals surface area contributed by atoms with Crippen LogP contribution in [-0.4, -0.2) is 16.2 Å². The Labute approximate surface area is 143 Å². The zero-order chi connectivity index (χ0) is 17.6. The molecule has 0 amide bonds. The first-order chi connectivity index (χ1) is 11.4. The van der Waals surface area contributed by atoms with E-state index in [4.69, 9.17) is 5.11 Å². The molecule has 2 rings (SSSR count). The highest BCUT2D eigenvalue weighted by Gasteiger charge is 2.30. The molecule has 24 heavy (non-hydrogen) atoms. The van der Waals surface area contributed by atoms with Crippen LogP contribution in [-0.2, 0) is 4.79 Å². The molecule has 0 saturated heterocycles. The Morgan fingerprint density at radius 1 is 1.21 bits per heavy atom. The van der Waals surface area contributed by atoms with Gasteiger partial charge in [0.25, 0.3) is 0 Å². The molecule has 1 aliphatic carbocycles. The number of hydrogen-bond acceptors (Lipinski definition) is 2. The predicted octanol–water partition coefficient (Wildman–Crippen LogP) is 5.29. The van der Waals surface area contributed by atoms with Crippen LogP contribution >= 0.6 is 0 Å². The van der Waals surface area contributed by atoms with Crippen LogP contribution in [0.1, 0.15) is 38.7 Å². The third kappa shape index (κ3) is 4.48. The van der Waals surface area contributed by atoms with Crippen LogP contribution in [0.2, 0.25) is 0 Å². The highest BCUT2D eigenvalue weighted by atomic mass is 16.4. The van der Waals surface area contributed by atoms with Gasteiger partial charge in [0.05, 0.1) is 0 Å². The number of rotatable bonds is 7. The van der Waals surface area contributed by atoms with Crippen molar-refractivity contribution in [2.45, 2.75) is 33.1 Å². The topological polar surface area (TPSA) is 57.5 Å². The van der Waals surface area contributed by atoms with E-state index in [9.17, 15) is 9.90 Å². The van der Waals surface area contributed by atoms with Crippen molar-refractivity contribution in [3.63, 3.8) is 0 Å². The molecule has 0 saturated carbocycles. The van der Waals surface area contributed by atoms with E-state index in [1.54, 1.807) is 19.1 Å². The Morgan fingerprint density at radius 3 is 2.54 bits per heavy atom. The van der Waals surface area contributed by atoms with Crippen molar-refractivity contribution in [1.82, 2.24) is 0 Å². The first-order valence-corrected chi connectivity index (χ1v) is 8.17. The number of aliphatic carboxylic acids is 1. The SMILES string of the molecule is C/C=C(O)\C=C/CC1(C)C=C(c2ccccc2)C=C1CCC(=O)O. The lowest BCUT2D eigenvalue weighted by molar-refractivity contribution is -0.137. The lowest BCUT2D eigenvalue weighted by atomic mass is 9.79. The largest absolute Gasteiger partial charge is 0.508 e. The monoisotopic (exact) mass is 324 g/mol. The molecule has 2 N–H and O–H groups in total. The van der Waals surface area contributed by atoms with Gasteiger partial charge in [-0.3, -0.25) is 4.79 Å². The minimum Gasteiger partial charge on any atom is -0.508 e. The summed E-state index contributed by atoms with van der Waals surface area (Å²) in [7, 11) is 0. The number of allylic oxidation sites excluding steroid dienone is 7. The molecule has 0 radical (unpaired) electrons. The second-order valence-corrected chi connectivity index (χ2v) is 6.27. The van der Waals surface area contributed by atoms with Crippen molar-refractivity contribution in [2.24, 2.45) is 5.41 Å². The van der Waals surface area contributed by atoms with Crippen molar-refractivity contribution in [2.75, 3.05) is 0 Å². The van der Waals surface area contributed by atoms with Crippen molar-refractivity contribution in [3.8, 4) is 0 Å². The average Bonchev–Trinajstić information content (AvgIpc) is 2.90. The van der Waals surface area contributed by atoms with Crippen molar-refractivity contribution in [1.29, 1.82) is 0 Å². The summed E-state index contributed by atoms with van der Waals surface area (Å²) in [5.74, 6) is -0.548. The predicted molar refractivity (Wildman–Crippen MR) is 97.6 cm³/mol. The van der Waals surface area contributed by atoms with E-state index in [1.807, 2.05) is 24.3 Å². The van der Waals surface area contributed by atoms with Gasteiger partial charge in [0.2, 0.25) is 0 Å². The first kappa shape index (κ1) is 17.8. The summed E-state index contributed by atoms with van der Waals surface area (Å²) >= 11 is 0. The molecular formula is C21H24O3. The Kier molecular flexibility index (Phi) is 5.80. The summed E-state index contributed by atoms with van der Waals surface area (Å²) in [6.07, 6.45) is 11.0. The fraction of sp³-hybridized carbons (Fsp3) is 0.286. The maximum atomic E-state index is 11.0. The van der Waals surface area contributed by atoms with Gasteiger partial charge >= 0.3 is 5.97 Å². The molecular weight excluding hydrogens is 300 g/mol. The van der Waals surface area contributed by atoms with Gasteiger partial charge in [0, 0.05) is 11.8 Å². The number of hydrogen-bond donors (Lipinski definition) is 2. The average molecular weight is 324 g/mol. The van der Waals surface area contributed by atoms with Gasteiger partial charge < -0.3 is 10.2 Å². The Bertz CT molecular complexity index is 708. The van der Waals surface area contributed by atoms with Gasteiger partial charge in [-0.2, -0.15) is 0 Å². The van der Waals surface area contributed by atoms with Gasteiger partial charge in [0.1, 0.15) is 5.76 Å². The maximum Gasteiger partial charge on any atom is 0.303 e. The summed E-state index contributed by atoms with van der Waals surface area (Å²) in [4.78, 5) is 11.0. The molecule has 0 aromatic heterocycles. The van der Waals surface area contributed by atoms with Crippen LogP contribution in [0.3, 0.4) is 0 Å². The Hall–Kier alpha value is -2.55. The van der Waals surface area contributed by atoms with E-state index < -0.39 is 5.97 Å². The van der Waals surface area contributed by atoms with Gasteiger partial charge in [-0.1, -0.05) is 61.1 Å². The normalized spacial score (nSPS) is 21.0. The standard InChI is InChI=1S/C21H24O3/c1-3-19(22)10-7-13-21(2)15-17(16-8-5-4-6-9-16)14-18(21)11-12-20(23)24/h3-10,14-15,22H,11-13H2,1-2H3,(H,23,24)/b10-7-,19-3+. The van der Waals surface area contributed by atoms with Crippen LogP contribution in [0.15, 0.2) is 72.0 Å². The summed E-state index contributed by atoms with van der Waals surface area (Å²) in [6, 6.07) is 10.1. The molecule has 0 bridgehead atoms. The van der Waals surface area contributed by atoms with Gasteiger partial charge in [-0.05, 0) is 43.1 Å². The minimum atomic E-state index is -0.784. The lowest BCUT2D eigenvalue weighted by Gasteiger charge is -2.25. The molecule has 126 valence electrons. The highest BCUT2D eigenvalue weighted by Crippen LogP contribution is 2.44. The molecule has 0 heterocycles. The van der Waals surface area contributed by atoms with Crippen LogP contribution in [0.25, 0.3) is 5.57 Å². The molecule has 0 aliphatic heterocycles. The van der Waals surface area contributed by atoms with Crippen molar-refractivity contribution in [3.05, 3.63) is 77.6 Å². The van der Waals surface area contributed by atoms with Crippen molar-refractivity contribution >= 4 is 11.5 Å². The van der Waals surface area contributed by atoms with E-state index in [0.717, 1.165) is 16.7 Å². The number of carbonyl (C=O) groups is 1. The number of aliphatic hydroxyl groups is 1. The minimum absolute atomic E-state index is 0.126. The molecule has 1 aromatic rings. The lowest BCUT2D eigenvalue weighted by Crippen LogP contribution is -2.14. The second kappa shape index (κ2) is 7.82. The van der Waals surface area contributed by atoms with Crippen LogP contribution in [0.5, 0.6) is 0 Å². The number of aliphatic hydroxyl groups excluding tert-OH is 1. The Morgan fingerprint density at radius 2 is 1.92 bits per heavy atom. The third-order valence-corrected chi connectivity index (χ3v) is 4.38. The van der Waals surface area contributed by atoms with E-state index in [2.05, 4.69) is 31.2 Å². The third-order valence-electron chi connectivity index (χ3n) is 4.38. The number of carboxylic acid groups (broad SMARTS) is 1. The van der Waals surface area contributed by atoms with E-state index in [1.165, 1.54) is 0 Å². The zero-order valence-electron chi connectivity index (χ0n) is 14.2. The fourth-order valence-electron chi connectivity index (χ4n) is 2.94. The molecule has 1 unspecified atom stereocenters. The van der Waals surface area contributed by atoms with E-state index >= 15 is 0 Å². The van der Waals surface area contributed by atoms with Crippen molar-refractivity contribution < 1.29 is 15.0 Å². The molecule has 3 heteroatoms. The van der Waals surface area contributed by atoms with E-state index in [-0.39, 0.29) is 17.6 Å². The van der Waals surface area contributed by atoms with Gasteiger partial charge in [-0.25, -0.2) is 0 Å². The molecule has 1 aromatic carbocycles. The van der Waals surface area contributed by atoms with Crippen LogP contribution in [0, 0.1) is 5.41 Å². The molecule has 0 spiro atoms. The Balaban J connectivity index is 2.27. The molecule has 3 nitrogen and oxygen atoms in total.